The Morgan fingerprint density at radius 3 is 2.79 bits per heavy atom. The molecule has 96 valence electrons. The van der Waals surface area contributed by atoms with Crippen LogP contribution < -0.4 is 0 Å². The van der Waals surface area contributed by atoms with Gasteiger partial charge in [-0.1, -0.05) is 18.2 Å². The lowest BCUT2D eigenvalue weighted by atomic mass is 9.95. The minimum Gasteiger partial charge on any atom is -0.293 e. The van der Waals surface area contributed by atoms with Gasteiger partial charge in [0.15, 0.2) is 5.78 Å². The smallest absolute Gasteiger partial charge is 0.171 e. The van der Waals surface area contributed by atoms with E-state index in [4.69, 9.17) is 0 Å². The summed E-state index contributed by atoms with van der Waals surface area (Å²) in [6.07, 6.45) is 5.66. The number of aryl methyl sites for hydroxylation is 1. The predicted molar refractivity (Wildman–Crippen MR) is 77.9 cm³/mol. The maximum absolute atomic E-state index is 12.6. The minimum atomic E-state index is -0.0590. The van der Waals surface area contributed by atoms with E-state index in [1.165, 1.54) is 10.5 Å². The van der Waals surface area contributed by atoms with Gasteiger partial charge in [-0.25, -0.2) is 0 Å². The highest BCUT2D eigenvalue weighted by Gasteiger charge is 2.30. The molecule has 3 heteroatoms. The summed E-state index contributed by atoms with van der Waals surface area (Å²) < 4.78 is 0. The normalized spacial score (nSPS) is 17.2. The lowest BCUT2D eigenvalue weighted by Gasteiger charge is -2.09. The lowest BCUT2D eigenvalue weighted by Crippen LogP contribution is -2.11. The summed E-state index contributed by atoms with van der Waals surface area (Å²) >= 11 is 1.69. The van der Waals surface area contributed by atoms with Gasteiger partial charge < -0.3 is 0 Å². The van der Waals surface area contributed by atoms with Gasteiger partial charge in [-0.2, -0.15) is 0 Å². The second-order valence-corrected chi connectivity index (χ2v) is 5.61. The molecule has 19 heavy (non-hydrogen) atoms. The van der Waals surface area contributed by atoms with Gasteiger partial charge in [-0.05, 0) is 42.9 Å². The van der Waals surface area contributed by atoms with Crippen LogP contribution in [0.1, 0.15) is 34.0 Å². The van der Waals surface area contributed by atoms with Crippen molar-refractivity contribution in [3.05, 3.63) is 59.4 Å². The summed E-state index contributed by atoms with van der Waals surface area (Å²) in [5.74, 6) is 0.140. The number of thioether (sulfide) groups is 1. The zero-order valence-electron chi connectivity index (χ0n) is 10.8. The van der Waals surface area contributed by atoms with E-state index in [0.29, 0.717) is 0 Å². The third-order valence-corrected chi connectivity index (χ3v) is 4.39. The van der Waals surface area contributed by atoms with Gasteiger partial charge in [0.25, 0.3) is 0 Å². The molecule has 0 amide bonds. The van der Waals surface area contributed by atoms with Crippen molar-refractivity contribution in [2.24, 2.45) is 0 Å². The van der Waals surface area contributed by atoms with Gasteiger partial charge >= 0.3 is 0 Å². The first-order valence-electron chi connectivity index (χ1n) is 6.41. The molecular formula is C16H15NOS. The molecule has 0 spiro atoms. The van der Waals surface area contributed by atoms with Gasteiger partial charge in [0.1, 0.15) is 0 Å². The Hall–Kier alpha value is -1.61. The minimum absolute atomic E-state index is 0.0590. The van der Waals surface area contributed by atoms with E-state index < -0.39 is 0 Å². The number of benzene rings is 1. The third kappa shape index (κ3) is 2.30. The summed E-state index contributed by atoms with van der Waals surface area (Å²) in [5, 5.41) is 0. The van der Waals surface area contributed by atoms with Gasteiger partial charge in [-0.3, -0.25) is 9.78 Å². The first kappa shape index (κ1) is 12.4. The number of carbonyl (C=O) groups excluding carboxylic acids is 1. The molecule has 0 saturated carbocycles. The molecule has 1 aromatic heterocycles. The van der Waals surface area contributed by atoms with Crippen molar-refractivity contribution < 1.29 is 4.79 Å². The summed E-state index contributed by atoms with van der Waals surface area (Å²) in [7, 11) is 0. The Morgan fingerprint density at radius 1 is 1.26 bits per heavy atom. The standard InChI is InChI=1S/C16H15NOS/c1-19-13-7-4-12(5-8-13)16(18)14-9-6-11-3-2-10-17-15(11)14/h2-5,7-8,10,14H,6,9H2,1H3. The molecule has 0 N–H and O–H groups in total. The molecule has 1 atom stereocenters. The zero-order valence-corrected chi connectivity index (χ0v) is 11.6. The van der Waals surface area contributed by atoms with E-state index in [2.05, 4.69) is 11.1 Å². The molecule has 1 aliphatic rings. The monoisotopic (exact) mass is 269 g/mol. The molecule has 3 rings (SSSR count). The molecule has 1 heterocycles. The zero-order chi connectivity index (χ0) is 13.2. The number of carbonyl (C=O) groups is 1. The van der Waals surface area contributed by atoms with Crippen LogP contribution in [0.25, 0.3) is 0 Å². The topological polar surface area (TPSA) is 30.0 Å². The first-order chi connectivity index (χ1) is 9.29. The Balaban J connectivity index is 1.89. The molecule has 0 fully saturated rings. The highest BCUT2D eigenvalue weighted by atomic mass is 32.2. The van der Waals surface area contributed by atoms with Crippen LogP contribution in [-0.4, -0.2) is 17.0 Å². The first-order valence-corrected chi connectivity index (χ1v) is 7.64. The van der Waals surface area contributed by atoms with E-state index in [9.17, 15) is 4.79 Å². The van der Waals surface area contributed by atoms with Crippen molar-refractivity contribution in [2.75, 3.05) is 6.26 Å². The van der Waals surface area contributed by atoms with Crippen molar-refractivity contribution in [2.45, 2.75) is 23.7 Å². The molecule has 1 aliphatic carbocycles. The molecule has 1 aromatic carbocycles. The summed E-state index contributed by atoms with van der Waals surface area (Å²) in [6.45, 7) is 0. The van der Waals surface area contributed by atoms with Crippen LogP contribution in [-0.2, 0) is 6.42 Å². The van der Waals surface area contributed by atoms with Crippen molar-refractivity contribution in [3.63, 3.8) is 0 Å². The average Bonchev–Trinajstić information content (AvgIpc) is 2.90. The number of fused-ring (bicyclic) bond motifs is 1. The number of hydrogen-bond acceptors (Lipinski definition) is 3. The van der Waals surface area contributed by atoms with Gasteiger partial charge in [-0.15, -0.1) is 11.8 Å². The Labute approximate surface area is 117 Å². The average molecular weight is 269 g/mol. The van der Waals surface area contributed by atoms with E-state index in [0.717, 1.165) is 24.1 Å². The second kappa shape index (κ2) is 5.17. The van der Waals surface area contributed by atoms with Crippen LogP contribution in [0.5, 0.6) is 0 Å². The summed E-state index contributed by atoms with van der Waals surface area (Å²) in [4.78, 5) is 18.1. The largest absolute Gasteiger partial charge is 0.293 e. The van der Waals surface area contributed by atoms with Gasteiger partial charge in [0.2, 0.25) is 0 Å². The SMILES string of the molecule is CSc1ccc(C(=O)C2CCc3cccnc32)cc1. The van der Waals surface area contributed by atoms with Crippen LogP contribution in [0.15, 0.2) is 47.5 Å². The molecule has 2 nitrogen and oxygen atoms in total. The lowest BCUT2D eigenvalue weighted by molar-refractivity contribution is 0.0958. The highest BCUT2D eigenvalue weighted by Crippen LogP contribution is 2.33. The maximum atomic E-state index is 12.6. The number of pyridine rings is 1. The van der Waals surface area contributed by atoms with Crippen molar-refractivity contribution >= 4 is 17.5 Å². The molecular weight excluding hydrogens is 254 g/mol. The number of nitrogens with zero attached hydrogens (tertiary/aromatic N) is 1. The Kier molecular flexibility index (Phi) is 3.38. The van der Waals surface area contributed by atoms with E-state index in [1.807, 2.05) is 36.6 Å². The Morgan fingerprint density at radius 2 is 2.05 bits per heavy atom. The van der Waals surface area contributed by atoms with Crippen LogP contribution in [0.3, 0.4) is 0 Å². The van der Waals surface area contributed by atoms with Crippen LogP contribution in [0.4, 0.5) is 0 Å². The number of Topliss-reactive ketones (excluding diaryl/α,β-unsaturated/α-hetero) is 1. The molecule has 1 unspecified atom stereocenters. The molecule has 0 radical (unpaired) electrons. The Bertz CT molecular complexity index is 606. The second-order valence-electron chi connectivity index (χ2n) is 4.73. The quantitative estimate of drug-likeness (QED) is 0.628. The fourth-order valence-electron chi connectivity index (χ4n) is 2.62. The molecule has 2 aromatic rings. The van der Waals surface area contributed by atoms with E-state index >= 15 is 0 Å². The fourth-order valence-corrected chi connectivity index (χ4v) is 3.03. The van der Waals surface area contributed by atoms with E-state index in [1.54, 1.807) is 18.0 Å². The van der Waals surface area contributed by atoms with Gasteiger partial charge in [0.05, 0.1) is 11.6 Å². The predicted octanol–water partition coefficient (Wildman–Crippen LogP) is 3.72. The van der Waals surface area contributed by atoms with Crippen LogP contribution in [0.2, 0.25) is 0 Å². The highest BCUT2D eigenvalue weighted by molar-refractivity contribution is 7.98. The van der Waals surface area contributed by atoms with Crippen molar-refractivity contribution in [1.29, 1.82) is 0 Å². The summed E-state index contributed by atoms with van der Waals surface area (Å²) in [6, 6.07) is 11.9. The molecule has 0 bridgehead atoms. The molecule has 0 saturated heterocycles. The van der Waals surface area contributed by atoms with Crippen molar-refractivity contribution in [1.82, 2.24) is 4.98 Å². The maximum Gasteiger partial charge on any atom is 0.171 e. The number of rotatable bonds is 3. The number of aromatic nitrogens is 1. The fraction of sp³-hybridized carbons (Fsp3) is 0.250. The van der Waals surface area contributed by atoms with E-state index in [-0.39, 0.29) is 11.7 Å². The van der Waals surface area contributed by atoms with Gasteiger partial charge in [0, 0.05) is 16.7 Å². The third-order valence-electron chi connectivity index (χ3n) is 3.65. The van der Waals surface area contributed by atoms with Crippen molar-refractivity contribution in [3.8, 4) is 0 Å². The van der Waals surface area contributed by atoms with Crippen LogP contribution >= 0.6 is 11.8 Å². The number of ketones is 1. The molecule has 0 aliphatic heterocycles. The summed E-state index contributed by atoms with van der Waals surface area (Å²) in [5.41, 5.74) is 2.99. The number of hydrogen-bond donors (Lipinski definition) is 0. The van der Waals surface area contributed by atoms with Crippen LogP contribution in [0, 0.1) is 0 Å².